The monoisotopic (exact) mass is 376 g/mol. The minimum Gasteiger partial charge on any atom is -0.497 e. The van der Waals surface area contributed by atoms with Crippen molar-refractivity contribution in [2.45, 2.75) is 20.0 Å². The molecule has 0 spiro atoms. The highest BCUT2D eigenvalue weighted by molar-refractivity contribution is 5.77. The molecule has 1 aromatic carbocycles. The first kappa shape index (κ1) is 19.2. The minimum absolute atomic E-state index is 0.228. The summed E-state index contributed by atoms with van der Waals surface area (Å²) in [7, 11) is 1.64. The third-order valence-corrected chi connectivity index (χ3v) is 4.68. The number of ether oxygens (including phenoxy) is 1. The van der Waals surface area contributed by atoms with Crippen LogP contribution in [0.15, 0.2) is 72.9 Å². The van der Waals surface area contributed by atoms with Gasteiger partial charge in [-0.2, -0.15) is 0 Å². The second kappa shape index (κ2) is 8.43. The first-order valence-electron chi connectivity index (χ1n) is 8.93. The predicted molar refractivity (Wildman–Crippen MR) is 110 cm³/mol. The predicted octanol–water partition coefficient (Wildman–Crippen LogP) is 3.58. The SMILES string of the molecule is C=C(NC(=O)N1Cc2ccncc2C1)/C(N)=C\C=C(/C)c1ccc(OC)cc1. The number of allylic oxidation sites excluding steroid dienone is 3. The van der Waals surface area contributed by atoms with Crippen molar-refractivity contribution >= 4 is 11.6 Å². The minimum atomic E-state index is -0.228. The number of hydrogen-bond donors (Lipinski definition) is 2. The smallest absolute Gasteiger partial charge is 0.322 e. The van der Waals surface area contributed by atoms with Crippen molar-refractivity contribution < 1.29 is 9.53 Å². The number of fused-ring (bicyclic) bond motifs is 1. The Balaban J connectivity index is 1.59. The summed E-state index contributed by atoms with van der Waals surface area (Å²) in [6, 6.07) is 9.47. The fourth-order valence-electron chi connectivity index (χ4n) is 2.91. The highest BCUT2D eigenvalue weighted by Crippen LogP contribution is 2.21. The Bertz CT molecular complexity index is 920. The number of pyridine rings is 1. The van der Waals surface area contributed by atoms with Crippen molar-refractivity contribution in [1.29, 1.82) is 0 Å². The molecule has 0 fully saturated rings. The number of carbonyl (C=O) groups is 1. The second-order valence-corrected chi connectivity index (χ2v) is 6.61. The number of hydrogen-bond acceptors (Lipinski definition) is 4. The van der Waals surface area contributed by atoms with Gasteiger partial charge in [0.2, 0.25) is 0 Å². The summed E-state index contributed by atoms with van der Waals surface area (Å²) >= 11 is 0. The summed E-state index contributed by atoms with van der Waals surface area (Å²) in [5, 5.41) is 2.77. The van der Waals surface area contributed by atoms with E-state index in [0.717, 1.165) is 28.0 Å². The molecular weight excluding hydrogens is 352 g/mol. The first-order valence-corrected chi connectivity index (χ1v) is 8.93. The zero-order valence-corrected chi connectivity index (χ0v) is 16.1. The number of aromatic nitrogens is 1. The topological polar surface area (TPSA) is 80.5 Å². The normalized spacial score (nSPS) is 13.9. The molecule has 6 nitrogen and oxygen atoms in total. The van der Waals surface area contributed by atoms with Gasteiger partial charge in [0, 0.05) is 25.5 Å². The molecule has 0 saturated carbocycles. The largest absolute Gasteiger partial charge is 0.497 e. The van der Waals surface area contributed by atoms with E-state index in [4.69, 9.17) is 10.5 Å². The Morgan fingerprint density at radius 1 is 1.21 bits per heavy atom. The summed E-state index contributed by atoms with van der Waals surface area (Å²) in [5.74, 6) is 0.808. The fourth-order valence-corrected chi connectivity index (χ4v) is 2.91. The third-order valence-electron chi connectivity index (χ3n) is 4.68. The molecule has 144 valence electrons. The molecular formula is C22H24N4O2. The van der Waals surface area contributed by atoms with Gasteiger partial charge in [-0.1, -0.05) is 24.8 Å². The molecule has 3 N–H and O–H groups in total. The Kier molecular flexibility index (Phi) is 5.79. The van der Waals surface area contributed by atoms with Crippen LogP contribution >= 0.6 is 0 Å². The second-order valence-electron chi connectivity index (χ2n) is 6.61. The molecule has 2 aromatic rings. The number of urea groups is 1. The Morgan fingerprint density at radius 2 is 1.93 bits per heavy atom. The van der Waals surface area contributed by atoms with Crippen LogP contribution in [0.1, 0.15) is 23.6 Å². The van der Waals surface area contributed by atoms with E-state index in [2.05, 4.69) is 16.9 Å². The first-order chi connectivity index (χ1) is 13.5. The van der Waals surface area contributed by atoms with E-state index in [9.17, 15) is 4.79 Å². The quantitative estimate of drug-likeness (QED) is 0.782. The van der Waals surface area contributed by atoms with Crippen LogP contribution in [0.5, 0.6) is 5.75 Å². The van der Waals surface area contributed by atoms with Crippen LogP contribution < -0.4 is 15.8 Å². The summed E-state index contributed by atoms with van der Waals surface area (Å²) < 4.78 is 5.17. The molecule has 28 heavy (non-hydrogen) atoms. The van der Waals surface area contributed by atoms with E-state index in [-0.39, 0.29) is 6.03 Å². The number of carbonyl (C=O) groups excluding carboxylic acids is 1. The summed E-state index contributed by atoms with van der Waals surface area (Å²) in [4.78, 5) is 18.3. The van der Waals surface area contributed by atoms with Crippen molar-refractivity contribution in [2.75, 3.05) is 7.11 Å². The number of nitrogens with two attached hydrogens (primary N) is 1. The fraction of sp³-hybridized carbons (Fsp3) is 0.182. The van der Waals surface area contributed by atoms with Crippen molar-refractivity contribution in [3.63, 3.8) is 0 Å². The van der Waals surface area contributed by atoms with Gasteiger partial charge in [0.1, 0.15) is 5.75 Å². The lowest BCUT2D eigenvalue weighted by molar-refractivity contribution is 0.201. The molecule has 0 bridgehead atoms. The van der Waals surface area contributed by atoms with Gasteiger partial charge in [-0.05, 0) is 53.5 Å². The van der Waals surface area contributed by atoms with Gasteiger partial charge in [0.25, 0.3) is 0 Å². The van der Waals surface area contributed by atoms with E-state index in [0.29, 0.717) is 24.5 Å². The Morgan fingerprint density at radius 3 is 2.61 bits per heavy atom. The number of rotatable bonds is 5. The van der Waals surface area contributed by atoms with Gasteiger partial charge in [0.15, 0.2) is 0 Å². The van der Waals surface area contributed by atoms with E-state index in [1.165, 1.54) is 0 Å². The molecule has 1 aliphatic rings. The lowest BCUT2D eigenvalue weighted by Crippen LogP contribution is -2.36. The molecule has 0 unspecified atom stereocenters. The van der Waals surface area contributed by atoms with Crippen LogP contribution in [0.3, 0.4) is 0 Å². The molecule has 1 aliphatic heterocycles. The Hall–Kier alpha value is -3.54. The summed E-state index contributed by atoms with van der Waals surface area (Å²) in [6.45, 7) is 6.95. The van der Waals surface area contributed by atoms with E-state index in [1.807, 2.05) is 43.3 Å². The van der Waals surface area contributed by atoms with E-state index in [1.54, 1.807) is 30.5 Å². The van der Waals surface area contributed by atoms with Gasteiger partial charge in [-0.25, -0.2) is 4.79 Å². The molecule has 0 saturated heterocycles. The average molecular weight is 376 g/mol. The van der Waals surface area contributed by atoms with Crippen LogP contribution in [0.4, 0.5) is 4.79 Å². The van der Waals surface area contributed by atoms with Crippen molar-refractivity contribution in [3.05, 3.63) is 89.5 Å². The van der Waals surface area contributed by atoms with Crippen molar-refractivity contribution in [3.8, 4) is 5.75 Å². The lowest BCUT2D eigenvalue weighted by Gasteiger charge is -2.17. The number of amides is 2. The highest BCUT2D eigenvalue weighted by Gasteiger charge is 2.23. The molecule has 2 amide bonds. The van der Waals surface area contributed by atoms with Crippen LogP contribution in [0.2, 0.25) is 0 Å². The van der Waals surface area contributed by atoms with Crippen LogP contribution in [0.25, 0.3) is 5.57 Å². The molecule has 6 heteroatoms. The number of nitrogens with zero attached hydrogens (tertiary/aromatic N) is 2. The zero-order valence-electron chi connectivity index (χ0n) is 16.1. The van der Waals surface area contributed by atoms with Gasteiger partial charge >= 0.3 is 6.03 Å². The molecule has 0 atom stereocenters. The number of benzene rings is 1. The van der Waals surface area contributed by atoms with Gasteiger partial charge in [-0.15, -0.1) is 0 Å². The maximum Gasteiger partial charge on any atom is 0.322 e. The van der Waals surface area contributed by atoms with E-state index >= 15 is 0 Å². The number of nitrogens with one attached hydrogen (secondary N) is 1. The maximum absolute atomic E-state index is 12.5. The molecule has 1 aromatic heterocycles. The van der Waals surface area contributed by atoms with Gasteiger partial charge in [0.05, 0.1) is 18.5 Å². The molecule has 2 heterocycles. The average Bonchev–Trinajstić information content (AvgIpc) is 3.16. The van der Waals surface area contributed by atoms with Crippen molar-refractivity contribution in [1.82, 2.24) is 15.2 Å². The van der Waals surface area contributed by atoms with Crippen LogP contribution in [0, 0.1) is 0 Å². The standard InChI is InChI=1S/C22H24N4O2/c1-15(17-5-7-20(28-3)8-6-17)4-9-21(23)16(2)25-22(27)26-13-18-10-11-24-12-19(18)14-26/h4-12H,2,13-14,23H2,1,3H3,(H,25,27)/b15-4+,21-9+. The van der Waals surface area contributed by atoms with Crippen molar-refractivity contribution in [2.24, 2.45) is 5.73 Å². The summed E-state index contributed by atoms with van der Waals surface area (Å²) in [6.07, 6.45) is 7.16. The molecule has 0 radical (unpaired) electrons. The Labute approximate surface area is 165 Å². The van der Waals surface area contributed by atoms with E-state index < -0.39 is 0 Å². The molecule has 0 aliphatic carbocycles. The maximum atomic E-state index is 12.5. The highest BCUT2D eigenvalue weighted by atomic mass is 16.5. The van der Waals surface area contributed by atoms with Crippen LogP contribution in [-0.2, 0) is 13.1 Å². The third kappa shape index (κ3) is 4.40. The van der Waals surface area contributed by atoms with Gasteiger partial charge < -0.3 is 20.7 Å². The lowest BCUT2D eigenvalue weighted by atomic mass is 10.1. The number of methoxy groups -OCH3 is 1. The zero-order chi connectivity index (χ0) is 20.1. The molecule has 3 rings (SSSR count). The van der Waals surface area contributed by atoms with Gasteiger partial charge in [-0.3, -0.25) is 4.98 Å². The summed E-state index contributed by atoms with van der Waals surface area (Å²) in [5.41, 5.74) is 11.1. The van der Waals surface area contributed by atoms with Crippen LogP contribution in [-0.4, -0.2) is 23.0 Å².